The molecule has 1 aromatic heterocycles. The molecule has 3 N–H and O–H groups in total. The van der Waals surface area contributed by atoms with Gasteiger partial charge in [-0.25, -0.2) is 20.2 Å². The van der Waals surface area contributed by atoms with Crippen LogP contribution in [0.4, 0.5) is 10.2 Å². The minimum absolute atomic E-state index is 0.264. The maximum absolute atomic E-state index is 13.1. The van der Waals surface area contributed by atoms with Gasteiger partial charge in [0.25, 0.3) is 0 Å². The second-order valence-corrected chi connectivity index (χ2v) is 4.03. The van der Waals surface area contributed by atoms with Crippen molar-refractivity contribution in [2.45, 2.75) is 20.3 Å². The number of anilines is 1. The van der Waals surface area contributed by atoms with Gasteiger partial charge in [0.1, 0.15) is 11.6 Å². The summed E-state index contributed by atoms with van der Waals surface area (Å²) < 4.78 is 13.1. The molecule has 0 saturated heterocycles. The summed E-state index contributed by atoms with van der Waals surface area (Å²) in [7, 11) is 0. The van der Waals surface area contributed by atoms with Crippen molar-refractivity contribution >= 4 is 5.82 Å². The minimum atomic E-state index is -0.264. The van der Waals surface area contributed by atoms with E-state index in [0.717, 1.165) is 23.2 Å². The lowest BCUT2D eigenvalue weighted by atomic mass is 10.1. The van der Waals surface area contributed by atoms with Crippen molar-refractivity contribution in [2.24, 2.45) is 5.84 Å². The van der Waals surface area contributed by atoms with E-state index in [0.29, 0.717) is 11.6 Å². The second kappa shape index (κ2) is 5.10. The first-order chi connectivity index (χ1) is 8.63. The van der Waals surface area contributed by atoms with Crippen LogP contribution in [0.15, 0.2) is 24.3 Å². The van der Waals surface area contributed by atoms with Crippen LogP contribution in [0.3, 0.4) is 0 Å². The Labute approximate surface area is 105 Å². The van der Waals surface area contributed by atoms with E-state index in [-0.39, 0.29) is 5.82 Å². The van der Waals surface area contributed by atoms with E-state index in [9.17, 15) is 4.39 Å². The Kier molecular flexibility index (Phi) is 3.53. The lowest BCUT2D eigenvalue weighted by molar-refractivity contribution is 0.627. The zero-order chi connectivity index (χ0) is 13.1. The van der Waals surface area contributed by atoms with Gasteiger partial charge in [0.2, 0.25) is 0 Å². The van der Waals surface area contributed by atoms with E-state index in [1.807, 2.05) is 13.8 Å². The fourth-order valence-corrected chi connectivity index (χ4v) is 1.75. The largest absolute Gasteiger partial charge is 0.308 e. The predicted octanol–water partition coefficient (Wildman–Crippen LogP) is 2.44. The van der Waals surface area contributed by atoms with Crippen molar-refractivity contribution < 1.29 is 4.39 Å². The maximum Gasteiger partial charge on any atom is 0.162 e. The summed E-state index contributed by atoms with van der Waals surface area (Å²) in [4.78, 5) is 8.72. The Hall–Kier alpha value is -2.01. The third-order valence-electron chi connectivity index (χ3n) is 2.72. The highest BCUT2D eigenvalue weighted by Crippen LogP contribution is 2.22. The van der Waals surface area contributed by atoms with E-state index >= 15 is 0 Å². The Bertz CT molecular complexity index is 547. The molecule has 0 atom stereocenters. The highest BCUT2D eigenvalue weighted by Gasteiger charge is 2.09. The number of hydrazine groups is 1. The van der Waals surface area contributed by atoms with Crippen LogP contribution in [0.2, 0.25) is 0 Å². The van der Waals surface area contributed by atoms with Crippen molar-refractivity contribution in [1.82, 2.24) is 9.97 Å². The minimum Gasteiger partial charge on any atom is -0.308 e. The first-order valence-electron chi connectivity index (χ1n) is 5.75. The fraction of sp³-hybridized carbons (Fsp3) is 0.231. The molecule has 18 heavy (non-hydrogen) atoms. The molecular formula is C13H15FN4. The van der Waals surface area contributed by atoms with Gasteiger partial charge in [0, 0.05) is 17.3 Å². The van der Waals surface area contributed by atoms with Gasteiger partial charge in [-0.1, -0.05) is 6.92 Å². The summed E-state index contributed by atoms with van der Waals surface area (Å²) in [5.74, 6) is 6.23. The lowest BCUT2D eigenvalue weighted by Gasteiger charge is -2.08. The number of aromatic nitrogens is 2. The molecule has 5 heteroatoms. The topological polar surface area (TPSA) is 63.8 Å². The van der Waals surface area contributed by atoms with Crippen molar-refractivity contribution in [3.63, 3.8) is 0 Å². The highest BCUT2D eigenvalue weighted by molar-refractivity contribution is 5.61. The molecule has 0 aliphatic heterocycles. The SMILES string of the molecule is CCc1cc(NN)nc(-c2ccc(F)cc2C)n1. The Morgan fingerprint density at radius 3 is 2.67 bits per heavy atom. The molecule has 0 aliphatic carbocycles. The average molecular weight is 246 g/mol. The molecule has 2 rings (SSSR count). The average Bonchev–Trinajstić information content (AvgIpc) is 2.38. The van der Waals surface area contributed by atoms with Crippen LogP contribution < -0.4 is 11.3 Å². The van der Waals surface area contributed by atoms with Crippen molar-refractivity contribution in [3.8, 4) is 11.4 Å². The van der Waals surface area contributed by atoms with Gasteiger partial charge >= 0.3 is 0 Å². The van der Waals surface area contributed by atoms with Crippen molar-refractivity contribution in [3.05, 3.63) is 41.3 Å². The molecule has 0 fully saturated rings. The number of nitrogens with one attached hydrogen (secondary N) is 1. The normalized spacial score (nSPS) is 10.4. The molecule has 0 saturated carbocycles. The van der Waals surface area contributed by atoms with Crippen LogP contribution in [0.1, 0.15) is 18.2 Å². The van der Waals surface area contributed by atoms with Crippen LogP contribution in [0.25, 0.3) is 11.4 Å². The standard InChI is InChI=1S/C13H15FN4/c1-3-10-7-12(18-15)17-13(16-10)11-5-4-9(14)6-8(11)2/h4-7H,3,15H2,1-2H3,(H,16,17,18). The zero-order valence-electron chi connectivity index (χ0n) is 10.4. The molecule has 2 aromatic rings. The lowest BCUT2D eigenvalue weighted by Crippen LogP contribution is -2.10. The molecule has 0 spiro atoms. The molecule has 1 heterocycles. The van der Waals surface area contributed by atoms with Gasteiger partial charge < -0.3 is 5.43 Å². The first-order valence-corrected chi connectivity index (χ1v) is 5.75. The van der Waals surface area contributed by atoms with Crippen LogP contribution in [-0.4, -0.2) is 9.97 Å². The monoisotopic (exact) mass is 246 g/mol. The second-order valence-electron chi connectivity index (χ2n) is 4.03. The molecule has 4 nitrogen and oxygen atoms in total. The quantitative estimate of drug-likeness (QED) is 0.645. The van der Waals surface area contributed by atoms with E-state index in [2.05, 4.69) is 15.4 Å². The Morgan fingerprint density at radius 2 is 2.06 bits per heavy atom. The summed E-state index contributed by atoms with van der Waals surface area (Å²) in [5, 5.41) is 0. The van der Waals surface area contributed by atoms with Crippen LogP contribution in [0.5, 0.6) is 0 Å². The van der Waals surface area contributed by atoms with Gasteiger partial charge in [0.15, 0.2) is 5.82 Å². The molecule has 0 radical (unpaired) electrons. The summed E-state index contributed by atoms with van der Waals surface area (Å²) in [6, 6.07) is 6.34. The number of halogens is 1. The number of rotatable bonds is 3. The first kappa shape index (κ1) is 12.4. The number of benzene rings is 1. The van der Waals surface area contributed by atoms with Gasteiger partial charge in [-0.05, 0) is 37.1 Å². The van der Waals surface area contributed by atoms with Crippen molar-refractivity contribution in [1.29, 1.82) is 0 Å². The van der Waals surface area contributed by atoms with Gasteiger partial charge in [-0.3, -0.25) is 0 Å². The van der Waals surface area contributed by atoms with E-state index in [1.54, 1.807) is 12.1 Å². The maximum atomic E-state index is 13.1. The molecule has 94 valence electrons. The van der Waals surface area contributed by atoms with E-state index in [1.165, 1.54) is 12.1 Å². The number of hydrogen-bond donors (Lipinski definition) is 2. The Morgan fingerprint density at radius 1 is 1.28 bits per heavy atom. The van der Waals surface area contributed by atoms with Gasteiger partial charge in [-0.15, -0.1) is 0 Å². The van der Waals surface area contributed by atoms with Gasteiger partial charge in [0.05, 0.1) is 0 Å². The number of nitrogens with two attached hydrogens (primary N) is 1. The van der Waals surface area contributed by atoms with Gasteiger partial charge in [-0.2, -0.15) is 0 Å². The number of nitrogens with zero attached hydrogens (tertiary/aromatic N) is 2. The summed E-state index contributed by atoms with van der Waals surface area (Å²) in [5.41, 5.74) is 5.01. The number of nitrogen functional groups attached to an aromatic ring is 1. The van der Waals surface area contributed by atoms with E-state index in [4.69, 9.17) is 5.84 Å². The third kappa shape index (κ3) is 2.46. The fourth-order valence-electron chi connectivity index (χ4n) is 1.75. The molecule has 0 aliphatic rings. The van der Waals surface area contributed by atoms with Crippen LogP contribution >= 0.6 is 0 Å². The van der Waals surface area contributed by atoms with Crippen LogP contribution in [0, 0.1) is 12.7 Å². The smallest absolute Gasteiger partial charge is 0.162 e. The number of hydrogen-bond acceptors (Lipinski definition) is 4. The Balaban J connectivity index is 2.55. The van der Waals surface area contributed by atoms with E-state index < -0.39 is 0 Å². The molecule has 0 unspecified atom stereocenters. The molecule has 0 bridgehead atoms. The summed E-state index contributed by atoms with van der Waals surface area (Å²) in [6.45, 7) is 3.83. The molecular weight excluding hydrogens is 231 g/mol. The van der Waals surface area contributed by atoms with Crippen LogP contribution in [-0.2, 0) is 6.42 Å². The number of aryl methyl sites for hydroxylation is 2. The third-order valence-corrected chi connectivity index (χ3v) is 2.72. The van der Waals surface area contributed by atoms with Crippen molar-refractivity contribution in [2.75, 3.05) is 5.43 Å². The summed E-state index contributed by atoms with van der Waals surface area (Å²) in [6.07, 6.45) is 0.782. The highest BCUT2D eigenvalue weighted by atomic mass is 19.1. The molecule has 1 aromatic carbocycles. The predicted molar refractivity (Wildman–Crippen MR) is 69.4 cm³/mol. The summed E-state index contributed by atoms with van der Waals surface area (Å²) >= 11 is 0. The zero-order valence-corrected chi connectivity index (χ0v) is 10.4. The molecule has 0 amide bonds.